The molecule has 0 unspecified atom stereocenters. The summed E-state index contributed by atoms with van der Waals surface area (Å²) in [5.74, 6) is 0.689. The Morgan fingerprint density at radius 1 is 1.48 bits per heavy atom. The van der Waals surface area contributed by atoms with Crippen molar-refractivity contribution in [3.8, 4) is 0 Å². The second-order valence-corrected chi connectivity index (χ2v) is 6.55. The quantitative estimate of drug-likeness (QED) is 0.840. The van der Waals surface area contributed by atoms with E-state index in [1.54, 1.807) is 23.3 Å². The number of hydrogen-bond donors (Lipinski definition) is 1. The van der Waals surface area contributed by atoms with Gasteiger partial charge in [-0.15, -0.1) is 0 Å². The molecule has 0 amide bonds. The van der Waals surface area contributed by atoms with Crippen LogP contribution in [0.25, 0.3) is 0 Å². The summed E-state index contributed by atoms with van der Waals surface area (Å²) in [7, 11) is -3.53. The molecule has 0 aromatic carbocycles. The zero-order chi connectivity index (χ0) is 14.7. The molecule has 1 atom stereocenters. The molecule has 1 aliphatic heterocycles. The molecule has 0 radical (unpaired) electrons. The van der Waals surface area contributed by atoms with Crippen molar-refractivity contribution in [2.45, 2.75) is 25.4 Å². The first kappa shape index (κ1) is 14.2. The van der Waals surface area contributed by atoms with Gasteiger partial charge in [-0.3, -0.25) is 4.68 Å². The van der Waals surface area contributed by atoms with Gasteiger partial charge in [-0.2, -0.15) is 17.8 Å². The molecule has 114 valence electrons. The van der Waals surface area contributed by atoms with Crippen LogP contribution in [0.3, 0.4) is 0 Å². The lowest BCUT2D eigenvalue weighted by Gasteiger charge is -2.22. The van der Waals surface area contributed by atoms with E-state index < -0.39 is 10.2 Å². The monoisotopic (exact) mass is 311 g/mol. The van der Waals surface area contributed by atoms with E-state index >= 15 is 0 Å². The molecule has 21 heavy (non-hydrogen) atoms. The van der Waals surface area contributed by atoms with E-state index in [1.165, 1.54) is 10.6 Å². The molecule has 3 heterocycles. The van der Waals surface area contributed by atoms with E-state index in [4.69, 9.17) is 4.42 Å². The Morgan fingerprint density at radius 2 is 2.38 bits per heavy atom. The van der Waals surface area contributed by atoms with Gasteiger partial charge in [-0.1, -0.05) is 0 Å². The Balaban J connectivity index is 1.63. The Labute approximate surface area is 122 Å². The third kappa shape index (κ3) is 3.14. The average Bonchev–Trinajstić information content (AvgIpc) is 3.20. The average molecular weight is 311 g/mol. The van der Waals surface area contributed by atoms with E-state index in [9.17, 15) is 8.42 Å². The highest BCUT2D eigenvalue weighted by Crippen LogP contribution is 2.33. The van der Waals surface area contributed by atoms with E-state index in [0.29, 0.717) is 18.8 Å². The van der Waals surface area contributed by atoms with E-state index in [0.717, 1.165) is 12.8 Å². The van der Waals surface area contributed by atoms with Crippen LogP contribution in [0.2, 0.25) is 0 Å². The minimum absolute atomic E-state index is 0.219. The lowest BCUT2D eigenvalue weighted by Crippen LogP contribution is -2.41. The van der Waals surface area contributed by atoms with Crippen molar-refractivity contribution in [1.82, 2.24) is 23.8 Å². The van der Waals surface area contributed by atoms with E-state index in [1.807, 2.05) is 6.07 Å². The van der Waals surface area contributed by atoms with E-state index in [2.05, 4.69) is 14.8 Å². The smallest absolute Gasteiger partial charge is 0.280 e. The molecule has 0 spiro atoms. The number of hydrogen-bond acceptors (Lipinski definition) is 5. The van der Waals surface area contributed by atoms with Crippen LogP contribution in [0.5, 0.6) is 0 Å². The third-order valence-electron chi connectivity index (χ3n) is 3.48. The van der Waals surface area contributed by atoms with Gasteiger partial charge in [-0.25, -0.2) is 9.71 Å². The molecule has 0 bridgehead atoms. The number of nitrogens with zero attached hydrogens (tertiary/aromatic N) is 4. The van der Waals surface area contributed by atoms with Gasteiger partial charge in [0, 0.05) is 13.1 Å². The predicted octanol–water partition coefficient (Wildman–Crippen LogP) is 0.543. The Morgan fingerprint density at radius 3 is 3.10 bits per heavy atom. The molecule has 9 heteroatoms. The molecule has 1 saturated heterocycles. The fourth-order valence-corrected chi connectivity index (χ4v) is 3.94. The molecule has 1 N–H and O–H groups in total. The normalized spacial score (nSPS) is 20.1. The number of furan rings is 1. The van der Waals surface area contributed by atoms with E-state index in [-0.39, 0.29) is 12.6 Å². The van der Waals surface area contributed by atoms with Crippen LogP contribution >= 0.6 is 0 Å². The molecule has 1 fully saturated rings. The highest BCUT2D eigenvalue weighted by Gasteiger charge is 2.36. The van der Waals surface area contributed by atoms with Gasteiger partial charge < -0.3 is 4.42 Å². The molecular formula is C12H17N5O3S. The summed E-state index contributed by atoms with van der Waals surface area (Å²) in [4.78, 5) is 3.81. The van der Waals surface area contributed by atoms with Crippen molar-refractivity contribution in [3.05, 3.63) is 36.8 Å². The summed E-state index contributed by atoms with van der Waals surface area (Å²) in [6, 6.07) is 3.37. The summed E-state index contributed by atoms with van der Waals surface area (Å²) in [5.41, 5.74) is 0. The van der Waals surface area contributed by atoms with Crippen molar-refractivity contribution in [3.63, 3.8) is 0 Å². The maximum Gasteiger partial charge on any atom is 0.280 e. The molecule has 0 aliphatic carbocycles. The van der Waals surface area contributed by atoms with Crippen molar-refractivity contribution < 1.29 is 12.8 Å². The van der Waals surface area contributed by atoms with Crippen LogP contribution in [-0.2, 0) is 16.8 Å². The molecule has 1 aliphatic rings. The maximum atomic E-state index is 12.4. The highest BCUT2D eigenvalue weighted by atomic mass is 32.2. The predicted molar refractivity (Wildman–Crippen MR) is 74.3 cm³/mol. The molecule has 2 aromatic rings. The van der Waals surface area contributed by atoms with Gasteiger partial charge >= 0.3 is 0 Å². The molecule has 2 aromatic heterocycles. The van der Waals surface area contributed by atoms with Crippen LogP contribution in [0.4, 0.5) is 0 Å². The van der Waals surface area contributed by atoms with Crippen molar-refractivity contribution in [2.75, 3.05) is 13.1 Å². The fourth-order valence-electron chi connectivity index (χ4n) is 2.51. The standard InChI is InChI=1S/C12H17N5O3S/c18-21(19,15-5-7-16-10-13-9-14-16)17-6-1-3-11(17)12-4-2-8-20-12/h2,4,8-11,15H,1,3,5-7H2/t11-/m0/s1. The van der Waals surface area contributed by atoms with Crippen LogP contribution in [0.15, 0.2) is 35.5 Å². The first-order chi connectivity index (χ1) is 10.2. The largest absolute Gasteiger partial charge is 0.468 e. The fraction of sp³-hybridized carbons (Fsp3) is 0.500. The van der Waals surface area contributed by atoms with Gasteiger partial charge in [0.15, 0.2) is 0 Å². The zero-order valence-corrected chi connectivity index (χ0v) is 12.2. The topological polar surface area (TPSA) is 93.3 Å². The summed E-state index contributed by atoms with van der Waals surface area (Å²) in [6.07, 6.45) is 6.14. The van der Waals surface area contributed by atoms with Gasteiger partial charge in [0.1, 0.15) is 18.4 Å². The Hall–Kier alpha value is -1.71. The first-order valence-corrected chi connectivity index (χ1v) is 8.23. The SMILES string of the molecule is O=S(=O)(NCCn1cncn1)N1CCC[C@H]1c1ccco1. The second-order valence-electron chi connectivity index (χ2n) is 4.84. The molecule has 0 saturated carbocycles. The minimum atomic E-state index is -3.53. The Bertz CT molecular complexity index is 653. The maximum absolute atomic E-state index is 12.4. The number of rotatable bonds is 6. The van der Waals surface area contributed by atoms with Gasteiger partial charge in [-0.05, 0) is 25.0 Å². The van der Waals surface area contributed by atoms with Crippen LogP contribution in [-0.4, -0.2) is 40.6 Å². The minimum Gasteiger partial charge on any atom is -0.468 e. The lowest BCUT2D eigenvalue weighted by molar-refractivity contribution is 0.335. The molecule has 8 nitrogen and oxygen atoms in total. The van der Waals surface area contributed by atoms with Crippen molar-refractivity contribution >= 4 is 10.2 Å². The zero-order valence-electron chi connectivity index (χ0n) is 11.4. The van der Waals surface area contributed by atoms with Gasteiger partial charge in [0.05, 0.1) is 18.8 Å². The summed E-state index contributed by atoms with van der Waals surface area (Å²) in [5, 5.41) is 3.93. The van der Waals surface area contributed by atoms with Crippen LogP contribution in [0.1, 0.15) is 24.6 Å². The Kier molecular flexibility index (Phi) is 4.04. The first-order valence-electron chi connectivity index (χ1n) is 6.79. The number of nitrogens with one attached hydrogen (secondary N) is 1. The summed E-state index contributed by atoms with van der Waals surface area (Å²) < 4.78 is 35.8. The van der Waals surface area contributed by atoms with Crippen molar-refractivity contribution in [1.29, 1.82) is 0 Å². The molecular weight excluding hydrogens is 294 g/mol. The number of aromatic nitrogens is 3. The molecule has 3 rings (SSSR count). The second kappa shape index (κ2) is 5.96. The van der Waals surface area contributed by atoms with Crippen LogP contribution < -0.4 is 4.72 Å². The van der Waals surface area contributed by atoms with Crippen molar-refractivity contribution in [2.24, 2.45) is 0 Å². The summed E-state index contributed by atoms with van der Waals surface area (Å²) >= 11 is 0. The van der Waals surface area contributed by atoms with Gasteiger partial charge in [0.2, 0.25) is 0 Å². The van der Waals surface area contributed by atoms with Gasteiger partial charge in [0.25, 0.3) is 10.2 Å². The highest BCUT2D eigenvalue weighted by molar-refractivity contribution is 7.87. The third-order valence-corrected chi connectivity index (χ3v) is 5.10. The summed E-state index contributed by atoms with van der Waals surface area (Å²) in [6.45, 7) is 1.22. The van der Waals surface area contributed by atoms with Crippen LogP contribution in [0, 0.1) is 0 Å². The lowest BCUT2D eigenvalue weighted by atomic mass is 10.2.